The van der Waals surface area contributed by atoms with Gasteiger partial charge in [0.25, 0.3) is 0 Å². The lowest BCUT2D eigenvalue weighted by Gasteiger charge is -2.72. The fourth-order valence-electron chi connectivity index (χ4n) is 12.5. The van der Waals surface area contributed by atoms with Gasteiger partial charge in [0.2, 0.25) is 0 Å². The van der Waals surface area contributed by atoms with E-state index in [1.807, 2.05) is 0 Å². The van der Waals surface area contributed by atoms with Crippen LogP contribution in [0.15, 0.2) is 35.4 Å². The first-order chi connectivity index (χ1) is 22.4. The van der Waals surface area contributed by atoms with E-state index in [2.05, 4.69) is 48.5 Å². The quantitative estimate of drug-likeness (QED) is 0.211. The van der Waals surface area contributed by atoms with E-state index in [9.17, 15) is 19.2 Å². The predicted molar refractivity (Wildman–Crippen MR) is 186 cm³/mol. The van der Waals surface area contributed by atoms with Crippen molar-refractivity contribution < 1.29 is 28.7 Å². The molecule has 0 unspecified atom stereocenters. The first-order valence-electron chi connectivity index (χ1n) is 18.3. The maximum Gasteiger partial charge on any atom is 0.307 e. The van der Waals surface area contributed by atoms with Gasteiger partial charge in [-0.3, -0.25) is 19.2 Å². The Morgan fingerprint density at radius 2 is 1.56 bits per heavy atom. The summed E-state index contributed by atoms with van der Waals surface area (Å²) in [6, 6.07) is 6.59. The first kappa shape index (κ1) is 35.4. The number of ketones is 2. The van der Waals surface area contributed by atoms with E-state index in [1.54, 1.807) is 24.3 Å². The van der Waals surface area contributed by atoms with Crippen molar-refractivity contribution in [1.29, 1.82) is 0 Å². The Kier molecular flexibility index (Phi) is 8.91. The molecule has 4 saturated carbocycles. The second-order valence-corrected chi connectivity index (χ2v) is 18.1. The van der Waals surface area contributed by atoms with E-state index in [1.165, 1.54) is 12.5 Å². The second-order valence-electron chi connectivity index (χ2n) is 17.7. The molecule has 1 aromatic carbocycles. The number of carbonyl (C=O) groups is 4. The minimum Gasteiger partial charge on any atom is -0.462 e. The zero-order chi connectivity index (χ0) is 35.0. The maximum atomic E-state index is 13.9. The molecule has 1 aromatic rings. The normalized spacial score (nSPS) is 38.4. The minimum atomic E-state index is -0.546. The van der Waals surface area contributed by atoms with Crippen molar-refractivity contribution in [2.75, 3.05) is 6.61 Å². The number of ether oxygens (including phenoxy) is 2. The van der Waals surface area contributed by atoms with Crippen LogP contribution in [0.3, 0.4) is 0 Å². The fraction of sp³-hybridized carbons (Fsp3) is 0.707. The zero-order valence-electron chi connectivity index (χ0n) is 30.3. The van der Waals surface area contributed by atoms with E-state index in [0.717, 1.165) is 56.9 Å². The Bertz CT molecular complexity index is 1540. The van der Waals surface area contributed by atoms with Crippen LogP contribution in [0.2, 0.25) is 5.02 Å². The van der Waals surface area contributed by atoms with Crippen LogP contribution in [0.1, 0.15) is 130 Å². The highest BCUT2D eigenvalue weighted by Gasteiger charge is 2.70. The van der Waals surface area contributed by atoms with Crippen LogP contribution in [-0.2, 0) is 23.9 Å². The van der Waals surface area contributed by atoms with E-state index in [-0.39, 0.29) is 70.2 Å². The van der Waals surface area contributed by atoms with Crippen molar-refractivity contribution in [2.24, 2.45) is 50.7 Å². The van der Waals surface area contributed by atoms with Gasteiger partial charge in [0.05, 0.1) is 6.42 Å². The molecule has 0 saturated heterocycles. The van der Waals surface area contributed by atoms with Gasteiger partial charge < -0.3 is 9.47 Å². The average Bonchev–Trinajstić information content (AvgIpc) is 3.29. The molecule has 5 aliphatic carbocycles. The lowest BCUT2D eigenvalue weighted by molar-refractivity contribution is -0.233. The third-order valence-corrected chi connectivity index (χ3v) is 15.1. The lowest BCUT2D eigenvalue weighted by Crippen LogP contribution is -2.65. The van der Waals surface area contributed by atoms with Crippen LogP contribution in [0.4, 0.5) is 0 Å². The smallest absolute Gasteiger partial charge is 0.307 e. The molecule has 0 radical (unpaired) electrons. The summed E-state index contributed by atoms with van der Waals surface area (Å²) in [5, 5.41) is 0.540. The third kappa shape index (κ3) is 5.33. The Balaban J connectivity index is 1.28. The summed E-state index contributed by atoms with van der Waals surface area (Å²) in [7, 11) is 0. The fourth-order valence-corrected chi connectivity index (χ4v) is 12.7. The monoisotopic (exact) mass is 678 g/mol. The van der Waals surface area contributed by atoms with Crippen molar-refractivity contribution in [3.05, 3.63) is 46.0 Å². The summed E-state index contributed by atoms with van der Waals surface area (Å²) in [4.78, 5) is 52.3. The summed E-state index contributed by atoms with van der Waals surface area (Å²) in [5.74, 6) is 0.620. The predicted octanol–water partition coefficient (Wildman–Crippen LogP) is 9.37. The van der Waals surface area contributed by atoms with Gasteiger partial charge >= 0.3 is 11.9 Å². The lowest BCUT2D eigenvalue weighted by atomic mass is 9.33. The second kappa shape index (κ2) is 12.1. The summed E-state index contributed by atoms with van der Waals surface area (Å²) >= 11 is 5.98. The molecule has 48 heavy (non-hydrogen) atoms. The highest BCUT2D eigenvalue weighted by Crippen LogP contribution is 2.77. The molecule has 7 heteroatoms. The third-order valence-electron chi connectivity index (χ3n) is 14.8. The minimum absolute atomic E-state index is 0.0151. The molecule has 0 N–H and O–H groups in total. The molecule has 8 atom stereocenters. The van der Waals surface area contributed by atoms with Crippen molar-refractivity contribution in [3.63, 3.8) is 0 Å². The number of hydrogen-bond acceptors (Lipinski definition) is 6. The van der Waals surface area contributed by atoms with Gasteiger partial charge in [0.15, 0.2) is 18.2 Å². The van der Waals surface area contributed by atoms with E-state index < -0.39 is 11.4 Å². The molecule has 0 heterocycles. The van der Waals surface area contributed by atoms with Crippen LogP contribution >= 0.6 is 11.6 Å². The molecular formula is C41H55ClO6. The zero-order valence-corrected chi connectivity index (χ0v) is 31.1. The van der Waals surface area contributed by atoms with Gasteiger partial charge in [-0.25, -0.2) is 0 Å². The molecule has 6 nitrogen and oxygen atoms in total. The van der Waals surface area contributed by atoms with Gasteiger partial charge in [-0.1, -0.05) is 65.6 Å². The van der Waals surface area contributed by atoms with Crippen LogP contribution in [0, 0.1) is 50.7 Å². The number of halogens is 1. The molecule has 0 bridgehead atoms. The summed E-state index contributed by atoms with van der Waals surface area (Å²) < 4.78 is 11.6. The van der Waals surface area contributed by atoms with Gasteiger partial charge in [-0.15, -0.1) is 0 Å². The topological polar surface area (TPSA) is 86.7 Å². The number of esters is 2. The van der Waals surface area contributed by atoms with Gasteiger partial charge in [0.1, 0.15) is 6.10 Å². The van der Waals surface area contributed by atoms with E-state index in [4.69, 9.17) is 21.1 Å². The van der Waals surface area contributed by atoms with Crippen molar-refractivity contribution >= 4 is 35.1 Å². The van der Waals surface area contributed by atoms with E-state index in [0.29, 0.717) is 28.8 Å². The van der Waals surface area contributed by atoms with Crippen LogP contribution in [-0.4, -0.2) is 36.2 Å². The highest BCUT2D eigenvalue weighted by atomic mass is 35.5. The van der Waals surface area contributed by atoms with E-state index >= 15 is 0 Å². The molecular weight excluding hydrogens is 624 g/mol. The molecule has 0 spiro atoms. The summed E-state index contributed by atoms with van der Waals surface area (Å²) in [5.41, 5.74) is 2.19. The first-order valence-corrected chi connectivity index (χ1v) is 18.7. The van der Waals surface area contributed by atoms with Crippen LogP contribution in [0.25, 0.3) is 0 Å². The maximum absolute atomic E-state index is 13.9. The number of rotatable bonds is 7. The number of fused-ring (bicyclic) bond motifs is 7. The molecule has 0 aromatic heterocycles. The summed E-state index contributed by atoms with van der Waals surface area (Å²) in [6.45, 7) is 17.7. The SMILES string of the molecule is CC(=O)O[C@H]1CC[C@]2(C)[C@H]3CC[C@@H]4C5=C(C(C)C)C(=O)C[C@]5(CC(=O)OCC(=O)c5ccc(Cl)cc5)CC[C@@]4(C)[C@]3(C)CC[C@H]2C1(C)C. The van der Waals surface area contributed by atoms with Gasteiger partial charge in [-0.2, -0.15) is 0 Å². The molecule has 4 fully saturated rings. The molecule has 5 aliphatic rings. The number of benzene rings is 1. The van der Waals surface area contributed by atoms with Crippen molar-refractivity contribution in [2.45, 2.75) is 126 Å². The van der Waals surface area contributed by atoms with Gasteiger partial charge in [0, 0.05) is 34.8 Å². The molecule has 6 rings (SSSR count). The van der Waals surface area contributed by atoms with Crippen LogP contribution < -0.4 is 0 Å². The van der Waals surface area contributed by atoms with Gasteiger partial charge in [-0.05, 0) is 121 Å². The Morgan fingerprint density at radius 1 is 0.875 bits per heavy atom. The molecule has 0 aliphatic heterocycles. The largest absolute Gasteiger partial charge is 0.462 e. The number of carbonyl (C=O) groups excluding carboxylic acids is 4. The number of hydrogen-bond donors (Lipinski definition) is 0. The number of Topliss-reactive ketones (excluding diaryl/α,β-unsaturated/α-hetero) is 2. The Labute approximate surface area is 292 Å². The Morgan fingerprint density at radius 3 is 2.21 bits per heavy atom. The van der Waals surface area contributed by atoms with Crippen LogP contribution in [0.5, 0.6) is 0 Å². The Hall–Kier alpha value is -2.47. The highest BCUT2D eigenvalue weighted by molar-refractivity contribution is 6.30. The van der Waals surface area contributed by atoms with Crippen molar-refractivity contribution in [1.82, 2.24) is 0 Å². The average molecular weight is 679 g/mol. The standard InChI is InChI=1S/C41H55ClO6/c1-24(2)35-29(44)21-41(22-34(46)47-23-30(45)26-9-11-27(42)12-10-26)20-19-39(7)28(36(35)41)13-14-32-38(6)17-16-33(48-25(3)43)37(4,5)31(38)15-18-40(32,39)8/h9-12,24,28,31-33H,13-23H2,1-8H3/t28-,31+,32-,33+,38+,39-,40-,41+/m1/s1. The summed E-state index contributed by atoms with van der Waals surface area (Å²) in [6.07, 6.45) is 8.46. The number of allylic oxidation sites excluding steroid dienone is 2. The molecule has 262 valence electrons. The van der Waals surface area contributed by atoms with Crippen molar-refractivity contribution in [3.8, 4) is 0 Å². The molecule has 0 amide bonds.